The molecule has 1 N–H and O–H groups in total. The summed E-state index contributed by atoms with van der Waals surface area (Å²) in [4.78, 5) is 17.3. The summed E-state index contributed by atoms with van der Waals surface area (Å²) in [6, 6.07) is 11.8. The molecule has 0 atom stereocenters. The van der Waals surface area contributed by atoms with Crippen LogP contribution in [0.3, 0.4) is 0 Å². The van der Waals surface area contributed by atoms with Crippen LogP contribution in [-0.4, -0.2) is 25.1 Å². The molecule has 1 aliphatic carbocycles. The van der Waals surface area contributed by atoms with Crippen molar-refractivity contribution in [2.75, 3.05) is 19.5 Å². The van der Waals surface area contributed by atoms with Gasteiger partial charge >= 0.3 is 0 Å². The number of nitrogens with zero attached hydrogens (tertiary/aromatic N) is 1. The zero-order valence-corrected chi connectivity index (χ0v) is 16.8. The molecular formula is C22H22N2O3S. The molecule has 0 aliphatic heterocycles. The van der Waals surface area contributed by atoms with E-state index in [0.717, 1.165) is 35.5 Å². The summed E-state index contributed by atoms with van der Waals surface area (Å²) in [5, 5.41) is 5.55. The Morgan fingerprint density at radius 2 is 1.89 bits per heavy atom. The van der Waals surface area contributed by atoms with Gasteiger partial charge < -0.3 is 14.8 Å². The number of aryl methyl sites for hydroxylation is 1. The number of aromatic nitrogens is 1. The highest BCUT2D eigenvalue weighted by molar-refractivity contribution is 7.13. The van der Waals surface area contributed by atoms with Crippen LogP contribution < -0.4 is 14.8 Å². The van der Waals surface area contributed by atoms with Crippen molar-refractivity contribution in [1.29, 1.82) is 0 Å². The van der Waals surface area contributed by atoms with Gasteiger partial charge in [0.25, 0.3) is 5.91 Å². The molecule has 0 saturated carbocycles. The smallest absolute Gasteiger partial charge is 0.275 e. The number of carbonyl (C=O) groups excluding carboxylic acids is 1. The molecule has 0 unspecified atom stereocenters. The van der Waals surface area contributed by atoms with Gasteiger partial charge in [-0.05, 0) is 55.0 Å². The lowest BCUT2D eigenvalue weighted by molar-refractivity contribution is 0.102. The highest BCUT2D eigenvalue weighted by atomic mass is 32.1. The van der Waals surface area contributed by atoms with Gasteiger partial charge in [-0.1, -0.05) is 18.2 Å². The van der Waals surface area contributed by atoms with Crippen molar-refractivity contribution in [3.63, 3.8) is 0 Å². The summed E-state index contributed by atoms with van der Waals surface area (Å²) < 4.78 is 10.8. The number of nitrogens with one attached hydrogen (secondary N) is 1. The molecule has 28 heavy (non-hydrogen) atoms. The van der Waals surface area contributed by atoms with Crippen LogP contribution in [0.25, 0.3) is 10.6 Å². The lowest BCUT2D eigenvalue weighted by Crippen LogP contribution is -2.15. The van der Waals surface area contributed by atoms with E-state index >= 15 is 0 Å². The summed E-state index contributed by atoms with van der Waals surface area (Å²) in [6.07, 6.45) is 4.46. The molecule has 0 saturated heterocycles. The first-order chi connectivity index (χ1) is 13.7. The Hall–Kier alpha value is -2.86. The Morgan fingerprint density at radius 1 is 1.07 bits per heavy atom. The number of methoxy groups -OCH3 is 2. The molecule has 144 valence electrons. The Kier molecular flexibility index (Phi) is 5.30. The van der Waals surface area contributed by atoms with E-state index in [9.17, 15) is 4.79 Å². The Labute approximate surface area is 168 Å². The number of carbonyl (C=O) groups is 1. The number of ether oxygens (including phenoxy) is 2. The lowest BCUT2D eigenvalue weighted by Gasteiger charge is -2.19. The third-order valence-corrected chi connectivity index (χ3v) is 5.89. The van der Waals surface area contributed by atoms with Crippen LogP contribution in [0.4, 0.5) is 5.69 Å². The van der Waals surface area contributed by atoms with E-state index in [1.54, 1.807) is 19.6 Å². The van der Waals surface area contributed by atoms with E-state index in [0.29, 0.717) is 17.2 Å². The van der Waals surface area contributed by atoms with Gasteiger partial charge in [-0.15, -0.1) is 11.3 Å². The second-order valence-electron chi connectivity index (χ2n) is 6.68. The second kappa shape index (κ2) is 8.02. The minimum absolute atomic E-state index is 0.191. The number of hydrogen-bond donors (Lipinski definition) is 1. The maximum atomic E-state index is 12.8. The SMILES string of the molecule is COc1cccc(-c2nc(C(=O)Nc3cccc4c3CCCC4)cs2)c1OC. The molecular weight excluding hydrogens is 372 g/mol. The molecule has 2 aromatic carbocycles. The molecule has 0 bridgehead atoms. The van der Waals surface area contributed by atoms with Crippen LogP contribution >= 0.6 is 11.3 Å². The first-order valence-corrected chi connectivity index (χ1v) is 10.2. The van der Waals surface area contributed by atoms with E-state index in [1.807, 2.05) is 30.3 Å². The van der Waals surface area contributed by atoms with Crippen LogP contribution in [0.5, 0.6) is 11.5 Å². The second-order valence-corrected chi connectivity index (χ2v) is 7.54. The number of rotatable bonds is 5. The van der Waals surface area contributed by atoms with Crippen molar-refractivity contribution in [3.8, 4) is 22.1 Å². The molecule has 3 aromatic rings. The van der Waals surface area contributed by atoms with E-state index in [1.165, 1.54) is 28.9 Å². The molecule has 5 nitrogen and oxygen atoms in total. The molecule has 0 radical (unpaired) electrons. The van der Waals surface area contributed by atoms with Crippen LogP contribution in [0.2, 0.25) is 0 Å². The fraction of sp³-hybridized carbons (Fsp3) is 0.273. The van der Waals surface area contributed by atoms with Crippen molar-refractivity contribution in [1.82, 2.24) is 4.98 Å². The van der Waals surface area contributed by atoms with Gasteiger partial charge in [0, 0.05) is 11.1 Å². The van der Waals surface area contributed by atoms with Gasteiger partial charge in [-0.25, -0.2) is 4.98 Å². The summed E-state index contributed by atoms with van der Waals surface area (Å²) in [5.74, 6) is 1.06. The summed E-state index contributed by atoms with van der Waals surface area (Å²) >= 11 is 1.41. The average molecular weight is 394 g/mol. The first kappa shape index (κ1) is 18.5. The Bertz CT molecular complexity index is 1010. The molecule has 1 aliphatic rings. The maximum absolute atomic E-state index is 12.8. The number of amides is 1. The maximum Gasteiger partial charge on any atom is 0.275 e. The number of thiazole rings is 1. The van der Waals surface area contributed by atoms with Crippen molar-refractivity contribution < 1.29 is 14.3 Å². The van der Waals surface area contributed by atoms with Crippen LogP contribution in [-0.2, 0) is 12.8 Å². The number of benzene rings is 2. The quantitative estimate of drug-likeness (QED) is 0.665. The molecule has 0 spiro atoms. The van der Waals surface area contributed by atoms with Crippen molar-refractivity contribution in [2.45, 2.75) is 25.7 Å². The molecule has 1 heterocycles. The topological polar surface area (TPSA) is 60.5 Å². The van der Waals surface area contributed by atoms with Crippen molar-refractivity contribution in [3.05, 3.63) is 58.6 Å². The van der Waals surface area contributed by atoms with E-state index in [-0.39, 0.29) is 5.91 Å². The largest absolute Gasteiger partial charge is 0.493 e. The van der Waals surface area contributed by atoms with Gasteiger partial charge in [0.1, 0.15) is 10.7 Å². The lowest BCUT2D eigenvalue weighted by atomic mass is 9.90. The van der Waals surface area contributed by atoms with Crippen LogP contribution in [0, 0.1) is 0 Å². The summed E-state index contributed by atoms with van der Waals surface area (Å²) in [5.41, 5.74) is 4.70. The predicted octanol–water partition coefficient (Wildman–Crippen LogP) is 4.96. The summed E-state index contributed by atoms with van der Waals surface area (Å²) in [7, 11) is 3.20. The predicted molar refractivity (Wildman–Crippen MR) is 112 cm³/mol. The minimum Gasteiger partial charge on any atom is -0.493 e. The Balaban J connectivity index is 1.60. The third-order valence-electron chi connectivity index (χ3n) is 5.01. The molecule has 4 rings (SSSR count). The zero-order valence-electron chi connectivity index (χ0n) is 16.0. The number of hydrogen-bond acceptors (Lipinski definition) is 5. The third kappa shape index (κ3) is 3.47. The Morgan fingerprint density at radius 3 is 2.71 bits per heavy atom. The average Bonchev–Trinajstić information content (AvgIpc) is 3.23. The number of para-hydroxylation sites is 1. The van der Waals surface area contributed by atoms with Gasteiger partial charge in [0.05, 0.1) is 19.8 Å². The first-order valence-electron chi connectivity index (χ1n) is 9.30. The van der Waals surface area contributed by atoms with E-state index in [4.69, 9.17) is 9.47 Å². The van der Waals surface area contributed by atoms with Gasteiger partial charge in [-0.3, -0.25) is 4.79 Å². The normalized spacial score (nSPS) is 12.9. The molecule has 6 heteroatoms. The van der Waals surface area contributed by atoms with Gasteiger partial charge in [0.2, 0.25) is 0 Å². The van der Waals surface area contributed by atoms with E-state index in [2.05, 4.69) is 16.4 Å². The monoisotopic (exact) mass is 394 g/mol. The van der Waals surface area contributed by atoms with Crippen LogP contribution in [0.15, 0.2) is 41.8 Å². The highest BCUT2D eigenvalue weighted by Gasteiger charge is 2.19. The highest BCUT2D eigenvalue weighted by Crippen LogP contribution is 2.39. The fourth-order valence-corrected chi connectivity index (χ4v) is 4.46. The molecule has 1 aromatic heterocycles. The van der Waals surface area contributed by atoms with Crippen LogP contribution in [0.1, 0.15) is 34.5 Å². The summed E-state index contributed by atoms with van der Waals surface area (Å²) in [6.45, 7) is 0. The van der Waals surface area contributed by atoms with Crippen molar-refractivity contribution in [2.24, 2.45) is 0 Å². The standard InChI is InChI=1S/C22H22N2O3S/c1-26-19-12-6-10-16(20(19)27-2)22-24-18(13-28-22)21(25)23-17-11-5-8-14-7-3-4-9-15(14)17/h5-6,8,10-13H,3-4,7,9H2,1-2H3,(H,23,25). The van der Waals surface area contributed by atoms with E-state index < -0.39 is 0 Å². The minimum atomic E-state index is -0.191. The van der Waals surface area contributed by atoms with Gasteiger partial charge in [0.15, 0.2) is 11.5 Å². The fourth-order valence-electron chi connectivity index (χ4n) is 3.64. The zero-order chi connectivity index (χ0) is 19.5. The van der Waals surface area contributed by atoms with Gasteiger partial charge in [-0.2, -0.15) is 0 Å². The molecule has 0 fully saturated rings. The number of fused-ring (bicyclic) bond motifs is 1. The number of anilines is 1. The molecule has 1 amide bonds. The van der Waals surface area contributed by atoms with Crippen molar-refractivity contribution >= 4 is 22.9 Å².